The Balaban J connectivity index is 2.23. The van der Waals surface area contributed by atoms with Gasteiger partial charge in [-0.1, -0.05) is 35.5 Å². The van der Waals surface area contributed by atoms with Gasteiger partial charge < -0.3 is 9.47 Å². The van der Waals surface area contributed by atoms with Crippen molar-refractivity contribution in [3.05, 3.63) is 57.8 Å². The fraction of sp³-hybridized carbons (Fsp3) is 0.211. The first kappa shape index (κ1) is 19.3. The minimum absolute atomic E-state index is 0.249. The summed E-state index contributed by atoms with van der Waals surface area (Å²) in [5.74, 6) is 0.0982. The third-order valence-corrected chi connectivity index (χ3v) is 5.28. The number of esters is 1. The number of methoxy groups -OCH3 is 2. The molecule has 8 heteroatoms. The molecule has 3 rings (SSSR count). The summed E-state index contributed by atoms with van der Waals surface area (Å²) in [5, 5.41) is 0.674. The van der Waals surface area contributed by atoms with E-state index in [4.69, 9.17) is 21.1 Å². The number of carbonyl (C=O) groups excluding carboxylic acids is 1. The largest absolute Gasteiger partial charge is 0.495 e. The maximum absolute atomic E-state index is 13.2. The first-order valence-electron chi connectivity index (χ1n) is 8.06. The van der Waals surface area contributed by atoms with Gasteiger partial charge in [-0.25, -0.2) is 4.98 Å². The van der Waals surface area contributed by atoms with Gasteiger partial charge >= 0.3 is 5.97 Å². The van der Waals surface area contributed by atoms with Crippen LogP contribution in [0.15, 0.2) is 52.4 Å². The van der Waals surface area contributed by atoms with Crippen molar-refractivity contribution >= 4 is 40.2 Å². The highest BCUT2D eigenvalue weighted by atomic mass is 35.5. The SMILES string of the molecule is COC(=O)[C@@H](C)Sc1nc2ccccc2c(=O)n1-c1ccc(OC)c(Cl)c1. The highest BCUT2D eigenvalue weighted by Crippen LogP contribution is 2.30. The van der Waals surface area contributed by atoms with Crippen LogP contribution in [-0.2, 0) is 9.53 Å². The van der Waals surface area contributed by atoms with Crippen molar-refractivity contribution in [2.45, 2.75) is 17.3 Å². The summed E-state index contributed by atoms with van der Waals surface area (Å²) in [6.07, 6.45) is 0. The number of nitrogens with zero attached hydrogens (tertiary/aromatic N) is 2. The van der Waals surface area contributed by atoms with E-state index >= 15 is 0 Å². The predicted octanol–water partition coefficient (Wildman–Crippen LogP) is 3.70. The Morgan fingerprint density at radius 3 is 2.63 bits per heavy atom. The van der Waals surface area contributed by atoms with Crippen LogP contribution in [-0.4, -0.2) is 35.0 Å². The van der Waals surface area contributed by atoms with Crippen LogP contribution in [0.5, 0.6) is 5.75 Å². The van der Waals surface area contributed by atoms with Crippen LogP contribution >= 0.6 is 23.4 Å². The first-order valence-corrected chi connectivity index (χ1v) is 9.32. The molecule has 0 spiro atoms. The number of para-hydroxylation sites is 1. The summed E-state index contributed by atoms with van der Waals surface area (Å²) in [6.45, 7) is 1.70. The topological polar surface area (TPSA) is 70.4 Å². The highest BCUT2D eigenvalue weighted by molar-refractivity contribution is 8.00. The molecule has 1 aromatic heterocycles. The van der Waals surface area contributed by atoms with Crippen molar-refractivity contribution in [1.82, 2.24) is 9.55 Å². The van der Waals surface area contributed by atoms with Gasteiger partial charge in [-0.15, -0.1) is 0 Å². The van der Waals surface area contributed by atoms with Crippen molar-refractivity contribution in [3.8, 4) is 11.4 Å². The molecule has 0 unspecified atom stereocenters. The number of hydrogen-bond acceptors (Lipinski definition) is 6. The van der Waals surface area contributed by atoms with Crippen LogP contribution in [0.4, 0.5) is 0 Å². The maximum atomic E-state index is 13.2. The van der Waals surface area contributed by atoms with Gasteiger partial charge in [-0.2, -0.15) is 0 Å². The zero-order valence-electron chi connectivity index (χ0n) is 14.9. The van der Waals surface area contributed by atoms with Gasteiger partial charge in [0.05, 0.1) is 35.8 Å². The van der Waals surface area contributed by atoms with E-state index in [0.29, 0.717) is 32.5 Å². The lowest BCUT2D eigenvalue weighted by molar-refractivity contribution is -0.139. The Hall–Kier alpha value is -2.51. The number of rotatable bonds is 5. The molecule has 0 saturated heterocycles. The van der Waals surface area contributed by atoms with E-state index < -0.39 is 11.2 Å². The van der Waals surface area contributed by atoms with Gasteiger partial charge in [-0.3, -0.25) is 14.2 Å². The van der Waals surface area contributed by atoms with E-state index in [1.165, 1.54) is 18.8 Å². The minimum atomic E-state index is -0.539. The van der Waals surface area contributed by atoms with Gasteiger partial charge in [0.1, 0.15) is 11.0 Å². The number of carbonyl (C=O) groups is 1. The number of fused-ring (bicyclic) bond motifs is 1. The Morgan fingerprint density at radius 1 is 1.22 bits per heavy atom. The molecule has 3 aromatic rings. The quantitative estimate of drug-likeness (QED) is 0.367. The van der Waals surface area contributed by atoms with E-state index in [2.05, 4.69) is 4.98 Å². The van der Waals surface area contributed by atoms with Gasteiger partial charge in [0.2, 0.25) is 0 Å². The molecule has 0 aliphatic heterocycles. The van der Waals surface area contributed by atoms with Crippen LogP contribution in [0.25, 0.3) is 16.6 Å². The molecule has 27 heavy (non-hydrogen) atoms. The second-order valence-corrected chi connectivity index (χ2v) is 7.37. The van der Waals surface area contributed by atoms with Crippen molar-refractivity contribution in [3.63, 3.8) is 0 Å². The molecule has 6 nitrogen and oxygen atoms in total. The molecule has 2 aromatic carbocycles. The molecule has 0 N–H and O–H groups in total. The number of aromatic nitrogens is 2. The van der Waals surface area contributed by atoms with E-state index in [0.717, 1.165) is 11.8 Å². The molecule has 0 saturated carbocycles. The van der Waals surface area contributed by atoms with Crippen LogP contribution in [0, 0.1) is 0 Å². The van der Waals surface area contributed by atoms with Gasteiger partial charge in [0.25, 0.3) is 5.56 Å². The lowest BCUT2D eigenvalue weighted by Crippen LogP contribution is -2.24. The van der Waals surface area contributed by atoms with E-state index in [-0.39, 0.29) is 5.56 Å². The monoisotopic (exact) mass is 404 g/mol. The summed E-state index contributed by atoms with van der Waals surface area (Å²) in [5.41, 5.74) is 0.836. The zero-order chi connectivity index (χ0) is 19.6. The third kappa shape index (κ3) is 3.79. The molecule has 1 heterocycles. The van der Waals surface area contributed by atoms with Gasteiger partial charge in [-0.05, 0) is 37.3 Å². The van der Waals surface area contributed by atoms with E-state index in [9.17, 15) is 9.59 Å². The second kappa shape index (κ2) is 8.02. The summed E-state index contributed by atoms with van der Waals surface area (Å²) >= 11 is 7.38. The Morgan fingerprint density at radius 2 is 1.96 bits per heavy atom. The van der Waals surface area contributed by atoms with Crippen molar-refractivity contribution in [1.29, 1.82) is 0 Å². The van der Waals surface area contributed by atoms with Crippen molar-refractivity contribution in [2.75, 3.05) is 14.2 Å². The van der Waals surface area contributed by atoms with Crippen LogP contribution in [0.1, 0.15) is 6.92 Å². The Labute approximate surface area is 165 Å². The maximum Gasteiger partial charge on any atom is 0.318 e. The predicted molar refractivity (Wildman–Crippen MR) is 106 cm³/mol. The lowest BCUT2D eigenvalue weighted by Gasteiger charge is -2.16. The number of benzene rings is 2. The fourth-order valence-corrected chi connectivity index (χ4v) is 3.79. The summed E-state index contributed by atoms with van der Waals surface area (Å²) in [7, 11) is 2.84. The lowest BCUT2D eigenvalue weighted by atomic mass is 10.2. The first-order chi connectivity index (χ1) is 13.0. The highest BCUT2D eigenvalue weighted by Gasteiger charge is 2.21. The molecule has 0 bridgehead atoms. The van der Waals surface area contributed by atoms with Gasteiger partial charge in [0, 0.05) is 0 Å². The Bertz CT molecular complexity index is 1070. The minimum Gasteiger partial charge on any atom is -0.495 e. The van der Waals surface area contributed by atoms with E-state index in [1.54, 1.807) is 43.3 Å². The molecule has 0 radical (unpaired) electrons. The second-order valence-electron chi connectivity index (χ2n) is 5.65. The van der Waals surface area contributed by atoms with E-state index in [1.807, 2.05) is 6.07 Å². The van der Waals surface area contributed by atoms with Crippen LogP contribution < -0.4 is 10.3 Å². The summed E-state index contributed by atoms with van der Waals surface area (Å²) in [6, 6.07) is 12.1. The molecular formula is C19H17ClN2O4S. The van der Waals surface area contributed by atoms with Crippen LogP contribution in [0.3, 0.4) is 0 Å². The Kier molecular flexibility index (Phi) is 5.72. The molecule has 0 aliphatic rings. The number of halogens is 1. The standard InChI is InChI=1S/C19H17ClN2O4S/c1-11(18(24)26-3)27-19-21-15-7-5-4-6-13(15)17(23)22(19)12-8-9-16(25-2)14(20)10-12/h4-11H,1-3H3/t11-/m1/s1. The smallest absolute Gasteiger partial charge is 0.318 e. The normalized spacial score (nSPS) is 12.0. The zero-order valence-corrected chi connectivity index (χ0v) is 16.5. The number of thioether (sulfide) groups is 1. The molecule has 1 atom stereocenters. The van der Waals surface area contributed by atoms with Crippen LogP contribution in [0.2, 0.25) is 5.02 Å². The molecule has 140 valence electrons. The average molecular weight is 405 g/mol. The summed E-state index contributed by atoms with van der Waals surface area (Å²) in [4.78, 5) is 29.6. The average Bonchev–Trinajstić information content (AvgIpc) is 2.67. The molecule has 0 amide bonds. The number of ether oxygens (including phenoxy) is 2. The van der Waals surface area contributed by atoms with Crippen molar-refractivity contribution < 1.29 is 14.3 Å². The molecule has 0 aliphatic carbocycles. The number of hydrogen-bond donors (Lipinski definition) is 0. The third-order valence-electron chi connectivity index (χ3n) is 3.95. The summed E-state index contributed by atoms with van der Waals surface area (Å²) < 4.78 is 11.4. The molecular weight excluding hydrogens is 388 g/mol. The van der Waals surface area contributed by atoms with Gasteiger partial charge in [0.15, 0.2) is 5.16 Å². The molecule has 0 fully saturated rings. The van der Waals surface area contributed by atoms with Crippen molar-refractivity contribution in [2.24, 2.45) is 0 Å². The fourth-order valence-electron chi connectivity index (χ4n) is 2.59.